The lowest BCUT2D eigenvalue weighted by molar-refractivity contribution is 0.393. The van der Waals surface area contributed by atoms with E-state index in [1.54, 1.807) is 14.2 Å². The minimum absolute atomic E-state index is 0.357. The standard InChI is InChI=1S/C16H25NO2/c1-15(2)14(16(15,3)4)17-10-11-7-12(18-5)9-13(8-11)19-6/h7-9,14,17H,10H2,1-6H3. The van der Waals surface area contributed by atoms with Gasteiger partial charge in [-0.1, -0.05) is 27.7 Å². The fourth-order valence-corrected chi connectivity index (χ4v) is 2.90. The number of rotatable bonds is 5. The van der Waals surface area contributed by atoms with Crippen molar-refractivity contribution in [3.05, 3.63) is 23.8 Å². The van der Waals surface area contributed by atoms with Crippen LogP contribution in [0, 0.1) is 10.8 Å². The lowest BCUT2D eigenvalue weighted by Gasteiger charge is -2.10. The van der Waals surface area contributed by atoms with Crippen LogP contribution in [-0.2, 0) is 6.54 Å². The van der Waals surface area contributed by atoms with E-state index in [-0.39, 0.29) is 0 Å². The number of hydrogen-bond acceptors (Lipinski definition) is 3. The van der Waals surface area contributed by atoms with Gasteiger partial charge in [-0.2, -0.15) is 0 Å². The minimum atomic E-state index is 0.357. The van der Waals surface area contributed by atoms with Crippen molar-refractivity contribution in [3.8, 4) is 11.5 Å². The highest BCUT2D eigenvalue weighted by molar-refractivity contribution is 5.38. The Labute approximate surface area is 116 Å². The van der Waals surface area contributed by atoms with Crippen molar-refractivity contribution in [2.75, 3.05) is 14.2 Å². The van der Waals surface area contributed by atoms with Crippen molar-refractivity contribution < 1.29 is 9.47 Å². The molecule has 1 fully saturated rings. The Morgan fingerprint density at radius 2 is 1.42 bits per heavy atom. The maximum atomic E-state index is 5.29. The molecular weight excluding hydrogens is 238 g/mol. The highest BCUT2D eigenvalue weighted by Crippen LogP contribution is 2.62. The number of ether oxygens (including phenoxy) is 2. The van der Waals surface area contributed by atoms with E-state index in [9.17, 15) is 0 Å². The SMILES string of the molecule is COc1cc(CNC2C(C)(C)C2(C)C)cc(OC)c1. The van der Waals surface area contributed by atoms with Gasteiger partial charge in [0.2, 0.25) is 0 Å². The molecule has 0 bridgehead atoms. The molecule has 0 spiro atoms. The van der Waals surface area contributed by atoms with Crippen molar-refractivity contribution >= 4 is 0 Å². The van der Waals surface area contributed by atoms with Gasteiger partial charge in [-0.25, -0.2) is 0 Å². The average Bonchev–Trinajstić information content (AvgIpc) is 2.76. The molecule has 1 saturated carbocycles. The molecule has 0 amide bonds. The van der Waals surface area contributed by atoms with E-state index < -0.39 is 0 Å². The molecule has 0 saturated heterocycles. The maximum Gasteiger partial charge on any atom is 0.122 e. The summed E-state index contributed by atoms with van der Waals surface area (Å²) in [5.74, 6) is 1.68. The van der Waals surface area contributed by atoms with Crippen LogP contribution in [0.5, 0.6) is 11.5 Å². The molecule has 1 aromatic rings. The van der Waals surface area contributed by atoms with Gasteiger partial charge in [0.25, 0.3) is 0 Å². The van der Waals surface area contributed by atoms with Crippen LogP contribution >= 0.6 is 0 Å². The maximum absolute atomic E-state index is 5.29. The Bertz CT molecular complexity index is 430. The Morgan fingerprint density at radius 1 is 0.947 bits per heavy atom. The second kappa shape index (κ2) is 4.71. The first-order chi connectivity index (χ1) is 8.82. The Balaban J connectivity index is 2.05. The number of nitrogens with one attached hydrogen (secondary N) is 1. The predicted octanol–water partition coefficient (Wildman–Crippen LogP) is 3.23. The number of benzene rings is 1. The highest BCUT2D eigenvalue weighted by Gasteiger charge is 2.64. The van der Waals surface area contributed by atoms with Gasteiger partial charge in [-0.15, -0.1) is 0 Å². The molecule has 1 N–H and O–H groups in total. The second-order valence-electron chi connectivity index (χ2n) is 6.48. The summed E-state index contributed by atoms with van der Waals surface area (Å²) in [6.45, 7) is 10.1. The third-order valence-corrected chi connectivity index (χ3v) is 4.94. The monoisotopic (exact) mass is 263 g/mol. The first-order valence-electron chi connectivity index (χ1n) is 6.78. The summed E-state index contributed by atoms with van der Waals surface area (Å²) in [7, 11) is 3.36. The smallest absolute Gasteiger partial charge is 0.122 e. The molecular formula is C16H25NO2. The Kier molecular flexibility index (Phi) is 3.52. The van der Waals surface area contributed by atoms with E-state index in [4.69, 9.17) is 9.47 Å². The summed E-state index contributed by atoms with van der Waals surface area (Å²) in [6.07, 6.45) is 0. The van der Waals surface area contributed by atoms with E-state index in [1.807, 2.05) is 6.07 Å². The zero-order valence-corrected chi connectivity index (χ0v) is 12.8. The van der Waals surface area contributed by atoms with Crippen LogP contribution in [-0.4, -0.2) is 20.3 Å². The summed E-state index contributed by atoms with van der Waals surface area (Å²) in [5.41, 5.74) is 1.90. The Hall–Kier alpha value is -1.22. The van der Waals surface area contributed by atoms with Crippen LogP contribution < -0.4 is 14.8 Å². The van der Waals surface area contributed by atoms with Gasteiger partial charge in [0.15, 0.2) is 0 Å². The van der Waals surface area contributed by atoms with Crippen LogP contribution in [0.1, 0.15) is 33.3 Å². The first kappa shape index (κ1) is 14.2. The summed E-state index contributed by atoms with van der Waals surface area (Å²) in [6, 6.07) is 6.56. The molecule has 0 aliphatic heterocycles. The molecule has 0 heterocycles. The van der Waals surface area contributed by atoms with Crippen molar-refractivity contribution in [2.24, 2.45) is 10.8 Å². The summed E-state index contributed by atoms with van der Waals surface area (Å²) >= 11 is 0. The Morgan fingerprint density at radius 3 is 1.79 bits per heavy atom. The lowest BCUT2D eigenvalue weighted by atomic mass is 10.0. The number of hydrogen-bond donors (Lipinski definition) is 1. The molecule has 1 aromatic carbocycles. The van der Waals surface area contributed by atoms with Gasteiger partial charge in [0.05, 0.1) is 14.2 Å². The molecule has 3 heteroatoms. The molecule has 19 heavy (non-hydrogen) atoms. The number of methoxy groups -OCH3 is 2. The van der Waals surface area contributed by atoms with Crippen molar-refractivity contribution in [1.29, 1.82) is 0 Å². The average molecular weight is 263 g/mol. The van der Waals surface area contributed by atoms with Crippen molar-refractivity contribution in [1.82, 2.24) is 5.32 Å². The zero-order valence-electron chi connectivity index (χ0n) is 12.8. The summed E-state index contributed by atoms with van der Waals surface area (Å²) < 4.78 is 10.6. The predicted molar refractivity (Wildman–Crippen MR) is 77.7 cm³/mol. The third-order valence-electron chi connectivity index (χ3n) is 4.94. The molecule has 2 rings (SSSR count). The molecule has 3 nitrogen and oxygen atoms in total. The van der Waals surface area contributed by atoms with Crippen LogP contribution in [0.25, 0.3) is 0 Å². The molecule has 0 aromatic heterocycles. The van der Waals surface area contributed by atoms with Crippen LogP contribution in [0.3, 0.4) is 0 Å². The van der Waals surface area contributed by atoms with Crippen LogP contribution in [0.2, 0.25) is 0 Å². The zero-order chi connectivity index (χ0) is 14.3. The largest absolute Gasteiger partial charge is 0.497 e. The van der Waals surface area contributed by atoms with Gasteiger partial charge in [-0.05, 0) is 28.5 Å². The quantitative estimate of drug-likeness (QED) is 0.884. The van der Waals surface area contributed by atoms with E-state index in [0.717, 1.165) is 18.0 Å². The second-order valence-corrected chi connectivity index (χ2v) is 6.48. The lowest BCUT2D eigenvalue weighted by Crippen LogP contribution is -2.21. The minimum Gasteiger partial charge on any atom is -0.497 e. The van der Waals surface area contributed by atoms with E-state index in [2.05, 4.69) is 45.1 Å². The molecule has 0 atom stereocenters. The van der Waals surface area contributed by atoms with Gasteiger partial charge < -0.3 is 14.8 Å². The molecule has 1 aliphatic rings. The highest BCUT2D eigenvalue weighted by atomic mass is 16.5. The van der Waals surface area contributed by atoms with Crippen LogP contribution in [0.15, 0.2) is 18.2 Å². The molecule has 0 radical (unpaired) electrons. The molecule has 106 valence electrons. The fraction of sp³-hybridized carbons (Fsp3) is 0.625. The van der Waals surface area contributed by atoms with Gasteiger partial charge in [0.1, 0.15) is 11.5 Å². The van der Waals surface area contributed by atoms with Crippen LogP contribution in [0.4, 0.5) is 0 Å². The van der Waals surface area contributed by atoms with Gasteiger partial charge >= 0.3 is 0 Å². The normalized spacial score (nSPS) is 20.1. The molecule has 0 unspecified atom stereocenters. The van der Waals surface area contributed by atoms with Crippen molar-refractivity contribution in [3.63, 3.8) is 0 Å². The third kappa shape index (κ3) is 2.44. The molecule has 1 aliphatic carbocycles. The summed E-state index contributed by atoms with van der Waals surface area (Å²) in [4.78, 5) is 0. The summed E-state index contributed by atoms with van der Waals surface area (Å²) in [5, 5.41) is 3.64. The topological polar surface area (TPSA) is 30.5 Å². The van der Waals surface area contributed by atoms with E-state index >= 15 is 0 Å². The van der Waals surface area contributed by atoms with Crippen molar-refractivity contribution in [2.45, 2.75) is 40.3 Å². The van der Waals surface area contributed by atoms with E-state index in [1.165, 1.54) is 5.56 Å². The fourth-order valence-electron chi connectivity index (χ4n) is 2.90. The van der Waals surface area contributed by atoms with Gasteiger partial charge in [0, 0.05) is 18.7 Å². The van der Waals surface area contributed by atoms with E-state index in [0.29, 0.717) is 16.9 Å². The first-order valence-corrected chi connectivity index (χ1v) is 6.78. The van der Waals surface area contributed by atoms with Gasteiger partial charge in [-0.3, -0.25) is 0 Å².